The maximum atomic E-state index is 2.37. The number of rotatable bonds is 6. The van der Waals surface area contributed by atoms with Crippen LogP contribution in [0.5, 0.6) is 0 Å². The molecule has 0 saturated carbocycles. The number of para-hydroxylation sites is 3. The number of fused-ring (bicyclic) bond motifs is 6. The molecule has 9 rings (SSSR count). The van der Waals surface area contributed by atoms with Crippen LogP contribution in [0.4, 0.5) is 34.1 Å². The highest BCUT2D eigenvalue weighted by atomic mass is 32.1. The molecule has 0 amide bonds. The van der Waals surface area contributed by atoms with E-state index in [1.165, 1.54) is 41.7 Å². The van der Waals surface area contributed by atoms with Crippen LogP contribution in [0.2, 0.25) is 0 Å². The Kier molecular flexibility index (Phi) is 6.69. The summed E-state index contributed by atoms with van der Waals surface area (Å²) in [5.41, 5.74) is 6.85. The van der Waals surface area contributed by atoms with Gasteiger partial charge in [0.05, 0.1) is 0 Å². The average molecular weight is 619 g/mol. The molecule has 0 aliphatic heterocycles. The summed E-state index contributed by atoms with van der Waals surface area (Å²) in [6, 6.07) is 65.6. The highest BCUT2D eigenvalue weighted by molar-refractivity contribution is 7.25. The Bertz CT molecular complexity index is 2480. The molecular formula is C44H30N2S. The molecule has 8 aromatic carbocycles. The molecule has 0 unspecified atom stereocenters. The lowest BCUT2D eigenvalue weighted by atomic mass is 10.0. The van der Waals surface area contributed by atoms with Gasteiger partial charge in [-0.15, -0.1) is 11.3 Å². The van der Waals surface area contributed by atoms with Crippen molar-refractivity contribution in [3.63, 3.8) is 0 Å². The fraction of sp³-hybridized carbons (Fsp3) is 0. The van der Waals surface area contributed by atoms with Gasteiger partial charge in [0.2, 0.25) is 0 Å². The molecule has 0 spiro atoms. The molecule has 0 bridgehead atoms. The lowest BCUT2D eigenvalue weighted by molar-refractivity contribution is 1.29. The first-order valence-electron chi connectivity index (χ1n) is 15.9. The first-order valence-corrected chi connectivity index (χ1v) is 16.8. The summed E-state index contributed by atoms with van der Waals surface area (Å²) in [6.45, 7) is 0. The molecule has 1 aromatic heterocycles. The van der Waals surface area contributed by atoms with Crippen molar-refractivity contribution in [2.24, 2.45) is 0 Å². The number of benzene rings is 8. The van der Waals surface area contributed by atoms with Gasteiger partial charge in [0.25, 0.3) is 0 Å². The van der Waals surface area contributed by atoms with Crippen molar-refractivity contribution in [2.75, 3.05) is 9.80 Å². The van der Waals surface area contributed by atoms with Crippen molar-refractivity contribution < 1.29 is 0 Å². The molecule has 47 heavy (non-hydrogen) atoms. The second-order valence-electron chi connectivity index (χ2n) is 11.8. The largest absolute Gasteiger partial charge is 0.310 e. The fourth-order valence-electron chi connectivity index (χ4n) is 6.80. The predicted molar refractivity (Wildman–Crippen MR) is 204 cm³/mol. The van der Waals surface area contributed by atoms with Gasteiger partial charge in [-0.3, -0.25) is 0 Å². The van der Waals surface area contributed by atoms with Crippen molar-refractivity contribution in [3.05, 3.63) is 182 Å². The van der Waals surface area contributed by atoms with Crippen LogP contribution in [0.1, 0.15) is 0 Å². The molecule has 0 radical (unpaired) electrons. The van der Waals surface area contributed by atoms with Crippen molar-refractivity contribution in [1.82, 2.24) is 0 Å². The van der Waals surface area contributed by atoms with Gasteiger partial charge >= 0.3 is 0 Å². The molecule has 0 aliphatic rings. The van der Waals surface area contributed by atoms with E-state index in [0.717, 1.165) is 34.1 Å². The lowest BCUT2D eigenvalue weighted by Gasteiger charge is -2.26. The van der Waals surface area contributed by atoms with Crippen LogP contribution in [-0.2, 0) is 0 Å². The number of hydrogen-bond donors (Lipinski definition) is 0. The monoisotopic (exact) mass is 618 g/mol. The molecule has 1 heterocycles. The zero-order chi connectivity index (χ0) is 31.2. The smallest absolute Gasteiger partial charge is 0.0476 e. The van der Waals surface area contributed by atoms with Crippen molar-refractivity contribution in [2.45, 2.75) is 0 Å². The molecule has 0 atom stereocenters. The minimum absolute atomic E-state index is 1.14. The summed E-state index contributed by atoms with van der Waals surface area (Å²) >= 11 is 1.85. The molecule has 2 nitrogen and oxygen atoms in total. The second kappa shape index (κ2) is 11.5. The van der Waals surface area contributed by atoms with E-state index in [1.807, 2.05) is 11.3 Å². The van der Waals surface area contributed by atoms with Gasteiger partial charge < -0.3 is 9.80 Å². The summed E-state index contributed by atoms with van der Waals surface area (Å²) in [4.78, 5) is 4.70. The normalized spacial score (nSPS) is 11.4. The van der Waals surface area contributed by atoms with Crippen LogP contribution in [0.3, 0.4) is 0 Å². The third-order valence-electron chi connectivity index (χ3n) is 8.98. The minimum atomic E-state index is 1.14. The van der Waals surface area contributed by atoms with Crippen LogP contribution >= 0.6 is 11.3 Å². The van der Waals surface area contributed by atoms with E-state index in [1.54, 1.807) is 0 Å². The van der Waals surface area contributed by atoms with E-state index in [2.05, 4.69) is 192 Å². The molecular weight excluding hydrogens is 589 g/mol. The molecule has 0 aliphatic carbocycles. The van der Waals surface area contributed by atoms with Crippen LogP contribution in [0.25, 0.3) is 41.7 Å². The molecule has 0 N–H and O–H groups in total. The van der Waals surface area contributed by atoms with Gasteiger partial charge in [0.1, 0.15) is 0 Å². The number of thiophene rings is 1. The number of hydrogen-bond acceptors (Lipinski definition) is 3. The molecule has 9 aromatic rings. The van der Waals surface area contributed by atoms with E-state index in [-0.39, 0.29) is 0 Å². The second-order valence-corrected chi connectivity index (χ2v) is 12.9. The predicted octanol–water partition coefficient (Wildman–Crippen LogP) is 13.3. The SMILES string of the molecule is c1ccc(N(c2ccc3c(ccc4ccccc43)c2)c2ccc3c(c2)sc2ccc(N(c4ccccc4)c4ccccc4)cc23)cc1. The van der Waals surface area contributed by atoms with Crippen molar-refractivity contribution in [3.8, 4) is 0 Å². The number of nitrogens with zero attached hydrogens (tertiary/aromatic N) is 2. The topological polar surface area (TPSA) is 6.48 Å². The van der Waals surface area contributed by atoms with E-state index in [4.69, 9.17) is 0 Å². The van der Waals surface area contributed by atoms with Crippen LogP contribution < -0.4 is 9.80 Å². The highest BCUT2D eigenvalue weighted by Gasteiger charge is 2.17. The Morgan fingerprint density at radius 2 is 0.766 bits per heavy atom. The van der Waals surface area contributed by atoms with Crippen molar-refractivity contribution >= 4 is 87.2 Å². The maximum Gasteiger partial charge on any atom is 0.0476 e. The average Bonchev–Trinajstić information content (AvgIpc) is 3.50. The van der Waals surface area contributed by atoms with E-state index in [9.17, 15) is 0 Å². The molecule has 3 heteroatoms. The maximum absolute atomic E-state index is 2.37. The lowest BCUT2D eigenvalue weighted by Crippen LogP contribution is -2.09. The summed E-state index contributed by atoms with van der Waals surface area (Å²) in [6.07, 6.45) is 0. The standard InChI is InChI=1S/C44H30N2S/c1-4-13-33(14-5-1)45(34-15-6-2-7-16-34)37-24-27-43-42(29-37)41-26-23-38(30-44(41)47-43)46(35-17-8-3-9-18-35)36-22-25-40-32(28-36)21-20-31-12-10-11-19-39(31)40/h1-30H. The Morgan fingerprint density at radius 3 is 1.45 bits per heavy atom. The van der Waals surface area contributed by atoms with Crippen LogP contribution in [0, 0.1) is 0 Å². The van der Waals surface area contributed by atoms with Crippen molar-refractivity contribution in [1.29, 1.82) is 0 Å². The summed E-state index contributed by atoms with van der Waals surface area (Å²) < 4.78 is 2.55. The van der Waals surface area contributed by atoms with E-state index in [0.29, 0.717) is 0 Å². The summed E-state index contributed by atoms with van der Waals surface area (Å²) in [5.74, 6) is 0. The Hall–Kier alpha value is -5.90. The molecule has 0 saturated heterocycles. The molecule has 222 valence electrons. The van der Waals surface area contributed by atoms with Gasteiger partial charge in [0.15, 0.2) is 0 Å². The molecule has 0 fully saturated rings. The summed E-state index contributed by atoms with van der Waals surface area (Å²) in [7, 11) is 0. The first-order chi connectivity index (χ1) is 23.3. The third kappa shape index (κ3) is 4.89. The van der Waals surface area contributed by atoms with Gasteiger partial charge in [-0.05, 0) is 100 Å². The Labute approximate surface area is 278 Å². The van der Waals surface area contributed by atoms with E-state index < -0.39 is 0 Å². The zero-order valence-corrected chi connectivity index (χ0v) is 26.4. The van der Waals surface area contributed by atoms with Crippen LogP contribution in [-0.4, -0.2) is 0 Å². The Morgan fingerprint density at radius 1 is 0.277 bits per heavy atom. The zero-order valence-electron chi connectivity index (χ0n) is 25.6. The first kappa shape index (κ1) is 27.4. The number of anilines is 6. The third-order valence-corrected chi connectivity index (χ3v) is 10.1. The highest BCUT2D eigenvalue weighted by Crippen LogP contribution is 2.44. The van der Waals surface area contributed by atoms with Gasteiger partial charge in [-0.2, -0.15) is 0 Å². The fourth-order valence-corrected chi connectivity index (χ4v) is 7.92. The minimum Gasteiger partial charge on any atom is -0.310 e. The van der Waals surface area contributed by atoms with E-state index >= 15 is 0 Å². The van der Waals surface area contributed by atoms with Gasteiger partial charge in [-0.25, -0.2) is 0 Å². The quantitative estimate of drug-likeness (QED) is 0.171. The van der Waals surface area contributed by atoms with Gasteiger partial charge in [-0.1, -0.05) is 103 Å². The van der Waals surface area contributed by atoms with Crippen LogP contribution in [0.15, 0.2) is 182 Å². The Balaban J connectivity index is 1.17. The van der Waals surface area contributed by atoms with Gasteiger partial charge in [0, 0.05) is 54.3 Å². The summed E-state index contributed by atoms with van der Waals surface area (Å²) in [5, 5.41) is 7.60.